The van der Waals surface area contributed by atoms with Crippen molar-refractivity contribution in [3.8, 4) is 5.75 Å². The molecule has 0 saturated carbocycles. The van der Waals surface area contributed by atoms with Crippen LogP contribution in [0.3, 0.4) is 0 Å². The zero-order valence-corrected chi connectivity index (χ0v) is 16.8. The molecular formula is C22H20N2O4S. The van der Waals surface area contributed by atoms with Crippen LogP contribution >= 0.6 is 11.8 Å². The lowest BCUT2D eigenvalue weighted by molar-refractivity contribution is -0.117. The Morgan fingerprint density at radius 1 is 1.21 bits per heavy atom. The molecule has 7 heteroatoms. The van der Waals surface area contributed by atoms with Gasteiger partial charge >= 0.3 is 5.97 Å². The third-order valence-corrected chi connectivity index (χ3v) is 5.66. The van der Waals surface area contributed by atoms with Crippen molar-refractivity contribution in [3.05, 3.63) is 71.6 Å². The summed E-state index contributed by atoms with van der Waals surface area (Å²) in [5.41, 5.74) is 2.06. The lowest BCUT2D eigenvalue weighted by atomic mass is 10.2. The fourth-order valence-electron chi connectivity index (χ4n) is 3.19. The maximum absolute atomic E-state index is 12.8. The highest BCUT2D eigenvalue weighted by atomic mass is 32.2. The van der Waals surface area contributed by atoms with Crippen LogP contribution in [0.15, 0.2) is 64.0 Å². The second-order valence-electron chi connectivity index (χ2n) is 6.76. The van der Waals surface area contributed by atoms with Crippen molar-refractivity contribution >= 4 is 29.3 Å². The fourth-order valence-corrected chi connectivity index (χ4v) is 4.11. The van der Waals surface area contributed by atoms with Gasteiger partial charge in [0.15, 0.2) is 0 Å². The van der Waals surface area contributed by atoms with Crippen molar-refractivity contribution < 1.29 is 18.8 Å². The molecule has 3 aromatic rings. The summed E-state index contributed by atoms with van der Waals surface area (Å²) in [5, 5.41) is 3.88. The van der Waals surface area contributed by atoms with Crippen LogP contribution in [0.4, 0.5) is 5.69 Å². The van der Waals surface area contributed by atoms with Gasteiger partial charge in [-0.2, -0.15) is 0 Å². The molecule has 0 aliphatic carbocycles. The van der Waals surface area contributed by atoms with E-state index in [9.17, 15) is 9.59 Å². The Morgan fingerprint density at radius 3 is 2.83 bits per heavy atom. The number of thioether (sulfide) groups is 1. The smallest absolute Gasteiger partial charge is 0.344 e. The van der Waals surface area contributed by atoms with Gasteiger partial charge < -0.3 is 14.2 Å². The molecule has 1 saturated heterocycles. The summed E-state index contributed by atoms with van der Waals surface area (Å²) >= 11 is 1.49. The molecule has 1 aromatic heterocycles. The minimum atomic E-state index is -0.438. The van der Waals surface area contributed by atoms with E-state index in [4.69, 9.17) is 9.26 Å². The van der Waals surface area contributed by atoms with Gasteiger partial charge in [-0.15, -0.1) is 11.8 Å². The van der Waals surface area contributed by atoms with Gasteiger partial charge in [-0.3, -0.25) is 4.79 Å². The van der Waals surface area contributed by atoms with E-state index in [2.05, 4.69) is 5.16 Å². The van der Waals surface area contributed by atoms with Gasteiger partial charge in [-0.05, 0) is 37.6 Å². The predicted octanol–water partition coefficient (Wildman–Crippen LogP) is 4.62. The molecule has 1 amide bonds. The molecule has 0 spiro atoms. The van der Waals surface area contributed by atoms with Gasteiger partial charge in [-0.25, -0.2) is 4.79 Å². The Labute approximate surface area is 172 Å². The maximum Gasteiger partial charge on any atom is 0.344 e. The first kappa shape index (κ1) is 19.3. The summed E-state index contributed by atoms with van der Waals surface area (Å²) in [6.07, 6.45) is 1.40. The monoisotopic (exact) mass is 408 g/mol. The SMILES string of the molecule is Cc1cc(CSc2ccccc2C(=O)Oc2cccc(N3CCCC3=O)c2)on1. The van der Waals surface area contributed by atoms with E-state index in [1.807, 2.05) is 31.2 Å². The average Bonchev–Trinajstić information content (AvgIpc) is 3.34. The normalized spacial score (nSPS) is 13.7. The molecule has 0 radical (unpaired) electrons. The van der Waals surface area contributed by atoms with E-state index in [0.717, 1.165) is 28.5 Å². The minimum absolute atomic E-state index is 0.0953. The number of benzene rings is 2. The van der Waals surface area contributed by atoms with E-state index in [1.54, 1.807) is 35.2 Å². The fraction of sp³-hybridized carbons (Fsp3) is 0.227. The summed E-state index contributed by atoms with van der Waals surface area (Å²) < 4.78 is 10.8. The average molecular weight is 408 g/mol. The highest BCUT2D eigenvalue weighted by molar-refractivity contribution is 7.98. The Kier molecular flexibility index (Phi) is 5.67. The Bertz CT molecular complexity index is 1050. The van der Waals surface area contributed by atoms with Gasteiger partial charge in [0.2, 0.25) is 5.91 Å². The van der Waals surface area contributed by atoms with E-state index in [-0.39, 0.29) is 5.91 Å². The van der Waals surface area contributed by atoms with E-state index < -0.39 is 5.97 Å². The number of hydrogen-bond acceptors (Lipinski definition) is 6. The molecule has 0 unspecified atom stereocenters. The number of amides is 1. The molecule has 148 valence electrons. The van der Waals surface area contributed by atoms with Gasteiger partial charge in [-0.1, -0.05) is 23.4 Å². The minimum Gasteiger partial charge on any atom is -0.423 e. The summed E-state index contributed by atoms with van der Waals surface area (Å²) in [4.78, 5) is 27.3. The number of esters is 1. The molecule has 6 nitrogen and oxygen atoms in total. The summed E-state index contributed by atoms with van der Waals surface area (Å²) in [6.45, 7) is 2.56. The quantitative estimate of drug-likeness (QED) is 0.337. The molecule has 1 fully saturated rings. The number of rotatable bonds is 6. The van der Waals surface area contributed by atoms with Crippen molar-refractivity contribution in [2.24, 2.45) is 0 Å². The Morgan fingerprint density at radius 2 is 2.07 bits per heavy atom. The number of ether oxygens (including phenoxy) is 1. The first-order valence-electron chi connectivity index (χ1n) is 9.37. The lowest BCUT2D eigenvalue weighted by Gasteiger charge is -2.16. The molecule has 2 aromatic carbocycles. The molecule has 0 atom stereocenters. The predicted molar refractivity (Wildman–Crippen MR) is 110 cm³/mol. The molecule has 0 bridgehead atoms. The highest BCUT2D eigenvalue weighted by Crippen LogP contribution is 2.29. The number of hydrogen-bond donors (Lipinski definition) is 0. The van der Waals surface area contributed by atoms with E-state index in [0.29, 0.717) is 30.0 Å². The number of nitrogens with zero attached hydrogens (tertiary/aromatic N) is 2. The van der Waals surface area contributed by atoms with Crippen molar-refractivity contribution in [2.45, 2.75) is 30.4 Å². The number of aromatic nitrogens is 1. The molecule has 29 heavy (non-hydrogen) atoms. The first-order valence-corrected chi connectivity index (χ1v) is 10.4. The standard InChI is InChI=1S/C22H20N2O4S/c1-15-12-18(28-23-15)14-29-20-9-3-2-8-19(20)22(26)27-17-7-4-6-16(13-17)24-11-5-10-21(24)25/h2-4,6-9,12-13H,5,10-11,14H2,1H3. The van der Waals surface area contributed by atoms with Crippen molar-refractivity contribution in [3.63, 3.8) is 0 Å². The van der Waals surface area contributed by atoms with Crippen LogP contribution in [-0.2, 0) is 10.5 Å². The van der Waals surface area contributed by atoms with E-state index >= 15 is 0 Å². The van der Waals surface area contributed by atoms with Gasteiger partial charge in [0.05, 0.1) is 17.0 Å². The number of aryl methyl sites for hydroxylation is 1. The Balaban J connectivity index is 1.48. The van der Waals surface area contributed by atoms with Crippen LogP contribution in [-0.4, -0.2) is 23.6 Å². The molecule has 4 rings (SSSR count). The lowest BCUT2D eigenvalue weighted by Crippen LogP contribution is -2.23. The Hall–Kier alpha value is -3.06. The third-order valence-electron chi connectivity index (χ3n) is 4.57. The van der Waals surface area contributed by atoms with Crippen LogP contribution in [0.25, 0.3) is 0 Å². The summed E-state index contributed by atoms with van der Waals surface area (Å²) in [7, 11) is 0. The second-order valence-corrected chi connectivity index (χ2v) is 7.77. The molecule has 1 aliphatic rings. The number of carbonyl (C=O) groups excluding carboxylic acids is 2. The summed E-state index contributed by atoms with van der Waals surface area (Å²) in [5.74, 6) is 1.39. The van der Waals surface area contributed by atoms with Crippen LogP contribution in [0.5, 0.6) is 5.75 Å². The topological polar surface area (TPSA) is 72.6 Å². The first-order chi connectivity index (χ1) is 14.1. The van der Waals surface area contributed by atoms with Crippen molar-refractivity contribution in [1.82, 2.24) is 5.16 Å². The third kappa shape index (κ3) is 4.51. The summed E-state index contributed by atoms with van der Waals surface area (Å²) in [6, 6.07) is 16.3. The molecule has 0 N–H and O–H groups in total. The number of carbonyl (C=O) groups is 2. The van der Waals surface area contributed by atoms with Crippen LogP contribution < -0.4 is 9.64 Å². The number of anilines is 1. The van der Waals surface area contributed by atoms with Gasteiger partial charge in [0.25, 0.3) is 0 Å². The van der Waals surface area contributed by atoms with Crippen LogP contribution in [0.1, 0.15) is 34.7 Å². The van der Waals surface area contributed by atoms with Gasteiger partial charge in [0.1, 0.15) is 11.5 Å². The zero-order valence-electron chi connectivity index (χ0n) is 16.0. The maximum atomic E-state index is 12.8. The highest BCUT2D eigenvalue weighted by Gasteiger charge is 2.22. The molecule has 2 heterocycles. The van der Waals surface area contributed by atoms with Crippen molar-refractivity contribution in [1.29, 1.82) is 0 Å². The largest absolute Gasteiger partial charge is 0.423 e. The molecular weight excluding hydrogens is 388 g/mol. The van der Waals surface area contributed by atoms with E-state index in [1.165, 1.54) is 11.8 Å². The van der Waals surface area contributed by atoms with Gasteiger partial charge in [0, 0.05) is 35.7 Å². The van der Waals surface area contributed by atoms with Crippen LogP contribution in [0.2, 0.25) is 0 Å². The molecule has 1 aliphatic heterocycles. The zero-order chi connectivity index (χ0) is 20.2. The van der Waals surface area contributed by atoms with Crippen molar-refractivity contribution in [2.75, 3.05) is 11.4 Å². The van der Waals surface area contributed by atoms with Crippen LogP contribution in [0, 0.1) is 6.92 Å². The second kappa shape index (κ2) is 8.53.